The lowest BCUT2D eigenvalue weighted by molar-refractivity contribution is -0.137. The van der Waals surface area contributed by atoms with Gasteiger partial charge < -0.3 is 14.4 Å². The Morgan fingerprint density at radius 1 is 1.09 bits per heavy atom. The third-order valence-corrected chi connectivity index (χ3v) is 7.86. The van der Waals surface area contributed by atoms with Crippen LogP contribution in [0.25, 0.3) is 11.4 Å². The molecule has 2 aliphatic rings. The van der Waals surface area contributed by atoms with Crippen molar-refractivity contribution in [3.8, 4) is 11.4 Å². The molecule has 0 amide bonds. The summed E-state index contributed by atoms with van der Waals surface area (Å²) in [6.07, 6.45) is 1.37. The molecule has 0 unspecified atom stereocenters. The van der Waals surface area contributed by atoms with Crippen LogP contribution in [0.3, 0.4) is 0 Å². The highest BCUT2D eigenvalue weighted by molar-refractivity contribution is 7.99. The van der Waals surface area contributed by atoms with Gasteiger partial charge in [-0.05, 0) is 61.7 Å². The number of thioether (sulfide) groups is 1. The highest BCUT2D eigenvalue weighted by atomic mass is 32.2. The number of nitrogens with zero attached hydrogens (tertiary/aromatic N) is 6. The van der Waals surface area contributed by atoms with Gasteiger partial charge in [-0.15, -0.1) is 10.2 Å². The Bertz CT molecular complexity index is 1100. The molecule has 2 aliphatic heterocycles. The summed E-state index contributed by atoms with van der Waals surface area (Å²) in [4.78, 5) is 8.93. The first-order chi connectivity index (χ1) is 16.4. The second kappa shape index (κ2) is 9.58. The Morgan fingerprint density at radius 3 is 2.65 bits per heavy atom. The van der Waals surface area contributed by atoms with E-state index < -0.39 is 11.7 Å². The molecule has 2 atom stereocenters. The first-order valence-electron chi connectivity index (χ1n) is 11.5. The van der Waals surface area contributed by atoms with E-state index in [4.69, 9.17) is 0 Å². The number of aromatic nitrogens is 4. The van der Waals surface area contributed by atoms with Crippen molar-refractivity contribution >= 4 is 17.4 Å². The molecule has 2 fully saturated rings. The van der Waals surface area contributed by atoms with Gasteiger partial charge in [0.25, 0.3) is 0 Å². The number of rotatable bonds is 7. The van der Waals surface area contributed by atoms with E-state index in [2.05, 4.69) is 25.0 Å². The molecule has 2 aromatic heterocycles. The van der Waals surface area contributed by atoms with Crippen LogP contribution in [-0.2, 0) is 13.2 Å². The minimum atomic E-state index is -4.29. The van der Waals surface area contributed by atoms with E-state index in [1.165, 1.54) is 12.1 Å². The topological polar surface area (TPSA) is 50.1 Å². The van der Waals surface area contributed by atoms with E-state index in [0.717, 1.165) is 67.0 Å². The maximum Gasteiger partial charge on any atom is 0.416 e. The number of alkyl halides is 3. The van der Waals surface area contributed by atoms with E-state index in [1.54, 1.807) is 36.3 Å². The van der Waals surface area contributed by atoms with Crippen molar-refractivity contribution < 1.29 is 13.2 Å². The summed E-state index contributed by atoms with van der Waals surface area (Å²) in [6, 6.07) is 9.86. The van der Waals surface area contributed by atoms with Gasteiger partial charge in [0.2, 0.25) is 0 Å². The van der Waals surface area contributed by atoms with Gasteiger partial charge in [0.05, 0.1) is 5.56 Å². The zero-order valence-electron chi connectivity index (χ0n) is 18.9. The largest absolute Gasteiger partial charge is 0.416 e. The van der Waals surface area contributed by atoms with Crippen molar-refractivity contribution in [2.75, 3.05) is 36.8 Å². The van der Waals surface area contributed by atoms with Crippen molar-refractivity contribution in [3.05, 3.63) is 54.4 Å². The van der Waals surface area contributed by atoms with Crippen LogP contribution in [0.2, 0.25) is 0 Å². The molecular weight excluding hydrogens is 461 g/mol. The van der Waals surface area contributed by atoms with E-state index in [9.17, 15) is 13.2 Å². The fourth-order valence-corrected chi connectivity index (χ4v) is 5.87. The second-order valence-electron chi connectivity index (χ2n) is 8.92. The molecule has 34 heavy (non-hydrogen) atoms. The number of fused-ring (bicyclic) bond motifs is 1. The number of hydrogen-bond donors (Lipinski definition) is 0. The number of hydrogen-bond acceptors (Lipinski definition) is 6. The zero-order valence-corrected chi connectivity index (χ0v) is 19.8. The SMILES string of the molecule is Cn1c(SCCCN2C[C@@H]3CCN(c4ccc(C(F)(F)F)cc4)[C@@H]3C2)nnc1-c1cccnc1. The standard InChI is InChI=1S/C24H27F3N6S/c1-31-22(17-4-2-10-28-14-17)29-30-23(31)34-13-3-11-32-15-18-9-12-33(21(18)16-32)20-7-5-19(6-8-20)24(25,26)27/h2,4-8,10,14,18,21H,3,9,11-13,15-16H2,1H3/t18-,21+/m0/s1. The molecule has 0 bridgehead atoms. The molecule has 180 valence electrons. The molecule has 0 N–H and O–H groups in total. The van der Waals surface area contributed by atoms with Gasteiger partial charge in [0.15, 0.2) is 11.0 Å². The summed E-state index contributed by atoms with van der Waals surface area (Å²) in [5.74, 6) is 2.34. The highest BCUT2D eigenvalue weighted by Crippen LogP contribution is 2.37. The fraction of sp³-hybridized carbons (Fsp3) is 0.458. The summed E-state index contributed by atoms with van der Waals surface area (Å²) in [6.45, 7) is 3.94. The highest BCUT2D eigenvalue weighted by Gasteiger charge is 2.41. The first-order valence-corrected chi connectivity index (χ1v) is 12.5. The first kappa shape index (κ1) is 23.2. The third-order valence-electron chi connectivity index (χ3n) is 6.75. The van der Waals surface area contributed by atoms with Gasteiger partial charge in [0, 0.05) is 62.1 Å². The van der Waals surface area contributed by atoms with Crippen molar-refractivity contribution in [3.63, 3.8) is 0 Å². The van der Waals surface area contributed by atoms with Crippen molar-refractivity contribution in [1.29, 1.82) is 0 Å². The van der Waals surface area contributed by atoms with E-state index in [1.807, 2.05) is 23.7 Å². The minimum Gasteiger partial charge on any atom is -0.367 e. The Morgan fingerprint density at radius 2 is 1.91 bits per heavy atom. The molecule has 5 rings (SSSR count). The predicted octanol–water partition coefficient (Wildman–Crippen LogP) is 4.59. The van der Waals surface area contributed by atoms with Crippen LogP contribution in [0, 0.1) is 5.92 Å². The Kier molecular flexibility index (Phi) is 6.52. The van der Waals surface area contributed by atoms with Crippen LogP contribution in [0.4, 0.5) is 18.9 Å². The fourth-order valence-electron chi connectivity index (χ4n) is 5.03. The van der Waals surface area contributed by atoms with Crippen molar-refractivity contribution in [2.45, 2.75) is 30.2 Å². The molecule has 10 heteroatoms. The second-order valence-corrected chi connectivity index (χ2v) is 9.98. The summed E-state index contributed by atoms with van der Waals surface area (Å²) in [7, 11) is 1.97. The van der Waals surface area contributed by atoms with Gasteiger partial charge in [-0.25, -0.2) is 0 Å². The molecule has 3 aromatic rings. The number of anilines is 1. The lowest BCUT2D eigenvalue weighted by Gasteiger charge is -2.27. The zero-order chi connectivity index (χ0) is 23.7. The molecular formula is C24H27F3N6S. The molecule has 1 aromatic carbocycles. The lowest BCUT2D eigenvalue weighted by atomic mass is 10.0. The van der Waals surface area contributed by atoms with Gasteiger partial charge in [-0.2, -0.15) is 13.2 Å². The van der Waals surface area contributed by atoms with Gasteiger partial charge in [-0.3, -0.25) is 4.98 Å². The maximum atomic E-state index is 12.9. The average Bonchev–Trinajstić information content (AvgIpc) is 3.51. The third kappa shape index (κ3) is 4.79. The minimum absolute atomic E-state index is 0.380. The van der Waals surface area contributed by atoms with Crippen LogP contribution >= 0.6 is 11.8 Å². The van der Waals surface area contributed by atoms with Crippen LogP contribution in [0.1, 0.15) is 18.4 Å². The predicted molar refractivity (Wildman–Crippen MR) is 127 cm³/mol. The molecule has 0 spiro atoms. The summed E-state index contributed by atoms with van der Waals surface area (Å²) < 4.78 is 40.7. The van der Waals surface area contributed by atoms with Crippen LogP contribution < -0.4 is 4.90 Å². The maximum absolute atomic E-state index is 12.9. The number of benzene rings is 1. The molecule has 6 nitrogen and oxygen atoms in total. The molecule has 0 radical (unpaired) electrons. The molecule has 4 heterocycles. The molecule has 0 saturated carbocycles. The number of likely N-dealkylation sites (tertiary alicyclic amines) is 1. The van der Waals surface area contributed by atoms with Crippen molar-refractivity contribution in [2.24, 2.45) is 13.0 Å². The average molecular weight is 489 g/mol. The smallest absolute Gasteiger partial charge is 0.367 e. The number of halogens is 3. The van der Waals surface area contributed by atoms with Gasteiger partial charge in [0.1, 0.15) is 0 Å². The summed E-state index contributed by atoms with van der Waals surface area (Å²) >= 11 is 1.71. The van der Waals surface area contributed by atoms with E-state index >= 15 is 0 Å². The monoisotopic (exact) mass is 488 g/mol. The van der Waals surface area contributed by atoms with Gasteiger partial charge >= 0.3 is 6.18 Å². The normalized spacial score (nSPS) is 20.8. The molecule has 0 aliphatic carbocycles. The van der Waals surface area contributed by atoms with Crippen LogP contribution in [0.5, 0.6) is 0 Å². The van der Waals surface area contributed by atoms with Gasteiger partial charge in [-0.1, -0.05) is 11.8 Å². The quantitative estimate of drug-likeness (QED) is 0.358. The summed E-state index contributed by atoms with van der Waals surface area (Å²) in [5, 5.41) is 9.53. The lowest BCUT2D eigenvalue weighted by Crippen LogP contribution is -2.35. The Hall–Kier alpha value is -2.59. The number of pyridine rings is 1. The Balaban J connectivity index is 1.11. The molecule has 2 saturated heterocycles. The van der Waals surface area contributed by atoms with E-state index in [0.29, 0.717) is 12.0 Å². The van der Waals surface area contributed by atoms with Crippen LogP contribution in [-0.4, -0.2) is 62.6 Å². The van der Waals surface area contributed by atoms with Crippen molar-refractivity contribution in [1.82, 2.24) is 24.6 Å². The van der Waals surface area contributed by atoms with Crippen LogP contribution in [0.15, 0.2) is 53.9 Å². The summed E-state index contributed by atoms with van der Waals surface area (Å²) in [5.41, 5.74) is 1.25. The Labute approximate surface area is 201 Å². The van der Waals surface area contributed by atoms with E-state index in [-0.39, 0.29) is 0 Å².